The average Bonchev–Trinajstić information content (AvgIpc) is 2.93. The zero-order valence-electron chi connectivity index (χ0n) is 20.6. The number of pyridine rings is 1. The first kappa shape index (κ1) is 25.4. The summed E-state index contributed by atoms with van der Waals surface area (Å²) in [5.41, 5.74) is 0.161. The zero-order chi connectivity index (χ0) is 25.8. The molecule has 5 rings (SSSR count). The van der Waals surface area contributed by atoms with E-state index in [9.17, 15) is 18.0 Å². The Labute approximate surface area is 214 Å². The van der Waals surface area contributed by atoms with Crippen molar-refractivity contribution in [3.8, 4) is 11.3 Å². The normalized spacial score (nSPS) is 20.6. The van der Waals surface area contributed by atoms with Crippen LogP contribution in [0.1, 0.15) is 54.6 Å². The van der Waals surface area contributed by atoms with Gasteiger partial charge in [0.05, 0.1) is 24.5 Å². The maximum absolute atomic E-state index is 14.0. The van der Waals surface area contributed by atoms with Crippen molar-refractivity contribution in [2.24, 2.45) is 0 Å². The lowest BCUT2D eigenvalue weighted by Gasteiger charge is -2.38. The highest BCUT2D eigenvalue weighted by Crippen LogP contribution is 2.38. The SMILES string of the molecule is O=Cc1cc(C(F)(F)F)c(-c2cc(N3CCCCC3CC3=CC=CCC3)nc(N3CCOCC3)n2)cn1. The summed E-state index contributed by atoms with van der Waals surface area (Å²) < 4.78 is 47.6. The lowest BCUT2D eigenvalue weighted by molar-refractivity contribution is -0.137. The first-order chi connectivity index (χ1) is 17.9. The third-order valence-corrected chi connectivity index (χ3v) is 7.14. The largest absolute Gasteiger partial charge is 0.417 e. The van der Waals surface area contributed by atoms with E-state index in [2.05, 4.69) is 33.1 Å². The maximum atomic E-state index is 14.0. The van der Waals surface area contributed by atoms with E-state index in [4.69, 9.17) is 9.72 Å². The van der Waals surface area contributed by atoms with Gasteiger partial charge in [-0.3, -0.25) is 9.78 Å². The zero-order valence-corrected chi connectivity index (χ0v) is 20.6. The molecule has 2 fully saturated rings. The number of piperidine rings is 1. The number of hydrogen-bond donors (Lipinski definition) is 0. The number of ether oxygens (including phenoxy) is 1. The van der Waals surface area contributed by atoms with Gasteiger partial charge < -0.3 is 14.5 Å². The third-order valence-electron chi connectivity index (χ3n) is 7.14. The second-order valence-electron chi connectivity index (χ2n) is 9.62. The number of carbonyl (C=O) groups is 1. The summed E-state index contributed by atoms with van der Waals surface area (Å²) >= 11 is 0. The van der Waals surface area contributed by atoms with Gasteiger partial charge in [-0.2, -0.15) is 18.2 Å². The van der Waals surface area contributed by atoms with Crippen LogP contribution in [0.4, 0.5) is 24.9 Å². The number of carbonyl (C=O) groups excluding carboxylic acids is 1. The molecule has 0 N–H and O–H groups in total. The van der Waals surface area contributed by atoms with E-state index in [1.165, 1.54) is 5.57 Å². The molecule has 10 heteroatoms. The fourth-order valence-corrected chi connectivity index (χ4v) is 5.23. The Balaban J connectivity index is 1.59. The summed E-state index contributed by atoms with van der Waals surface area (Å²) in [7, 11) is 0. The minimum atomic E-state index is -4.67. The topological polar surface area (TPSA) is 71.5 Å². The fourth-order valence-electron chi connectivity index (χ4n) is 5.23. The number of morpholine rings is 1. The minimum absolute atomic E-state index is 0.146. The Hall–Kier alpha value is -3.27. The van der Waals surface area contributed by atoms with E-state index in [1.54, 1.807) is 6.07 Å². The van der Waals surface area contributed by atoms with Crippen LogP contribution in [0.3, 0.4) is 0 Å². The van der Waals surface area contributed by atoms with Crippen molar-refractivity contribution in [3.63, 3.8) is 0 Å². The molecule has 4 heterocycles. The summed E-state index contributed by atoms with van der Waals surface area (Å²) in [5.74, 6) is 1.00. The van der Waals surface area contributed by atoms with Gasteiger partial charge in [0, 0.05) is 43.5 Å². The summed E-state index contributed by atoms with van der Waals surface area (Å²) in [6, 6.07) is 2.64. The molecular formula is C27H30F3N5O2. The molecule has 0 radical (unpaired) electrons. The van der Waals surface area contributed by atoms with E-state index in [-0.39, 0.29) is 23.0 Å². The van der Waals surface area contributed by atoms with Crippen molar-refractivity contribution < 1.29 is 22.7 Å². The molecule has 1 atom stereocenters. The van der Waals surface area contributed by atoms with Gasteiger partial charge in [-0.05, 0) is 44.6 Å². The molecule has 7 nitrogen and oxygen atoms in total. The quantitative estimate of drug-likeness (QED) is 0.490. The molecule has 2 aliphatic heterocycles. The number of rotatable bonds is 6. The van der Waals surface area contributed by atoms with E-state index < -0.39 is 11.7 Å². The standard InChI is InChI=1S/C27H30F3N5O2/c28-27(29,30)23-15-20(18-36)31-17-22(23)24-16-25(33-26(32-24)34-10-12-37-13-11-34)35-9-5-4-8-21(35)14-19-6-2-1-3-7-19/h1-2,6,15-18,21H,3-5,7-14H2. The van der Waals surface area contributed by atoms with Crippen molar-refractivity contribution in [2.45, 2.75) is 50.7 Å². The van der Waals surface area contributed by atoms with Gasteiger partial charge in [-0.1, -0.05) is 23.8 Å². The Bertz CT molecular complexity index is 1190. The van der Waals surface area contributed by atoms with Gasteiger partial charge in [0.1, 0.15) is 11.5 Å². The van der Waals surface area contributed by atoms with Crippen LogP contribution in [-0.2, 0) is 10.9 Å². The summed E-state index contributed by atoms with van der Waals surface area (Å²) in [4.78, 5) is 28.7. The summed E-state index contributed by atoms with van der Waals surface area (Å²) in [6.07, 6.45) is 9.22. The maximum Gasteiger partial charge on any atom is 0.417 e. The van der Waals surface area contributed by atoms with Crippen LogP contribution in [-0.4, -0.2) is 60.1 Å². The van der Waals surface area contributed by atoms with Crippen LogP contribution in [0.2, 0.25) is 0 Å². The van der Waals surface area contributed by atoms with Crippen molar-refractivity contribution in [1.29, 1.82) is 0 Å². The van der Waals surface area contributed by atoms with Crippen molar-refractivity contribution in [1.82, 2.24) is 15.0 Å². The van der Waals surface area contributed by atoms with Gasteiger partial charge in [0.25, 0.3) is 0 Å². The van der Waals surface area contributed by atoms with Crippen molar-refractivity contribution >= 4 is 18.1 Å². The van der Waals surface area contributed by atoms with E-state index in [1.807, 2.05) is 4.90 Å². The van der Waals surface area contributed by atoms with E-state index in [0.717, 1.165) is 57.3 Å². The molecule has 196 valence electrons. The lowest BCUT2D eigenvalue weighted by Crippen LogP contribution is -2.41. The number of anilines is 2. The van der Waals surface area contributed by atoms with Crippen molar-refractivity contribution in [3.05, 3.63) is 53.4 Å². The van der Waals surface area contributed by atoms with Crippen LogP contribution in [0.5, 0.6) is 0 Å². The second kappa shape index (κ2) is 11.0. The molecule has 2 aromatic heterocycles. The van der Waals surface area contributed by atoms with E-state index >= 15 is 0 Å². The van der Waals surface area contributed by atoms with Gasteiger partial charge >= 0.3 is 6.18 Å². The van der Waals surface area contributed by atoms with Gasteiger partial charge in [0.2, 0.25) is 5.95 Å². The number of aldehydes is 1. The molecule has 37 heavy (non-hydrogen) atoms. The second-order valence-corrected chi connectivity index (χ2v) is 9.62. The predicted octanol–water partition coefficient (Wildman–Crippen LogP) is 5.23. The van der Waals surface area contributed by atoms with Crippen LogP contribution in [0.15, 0.2) is 42.1 Å². The first-order valence-electron chi connectivity index (χ1n) is 12.8. The molecule has 2 saturated heterocycles. The van der Waals surface area contributed by atoms with Gasteiger partial charge in [0.15, 0.2) is 6.29 Å². The number of aromatic nitrogens is 3. The number of halogens is 3. The predicted molar refractivity (Wildman–Crippen MR) is 135 cm³/mol. The molecule has 2 aromatic rings. The highest BCUT2D eigenvalue weighted by molar-refractivity contribution is 5.76. The molecular weight excluding hydrogens is 483 g/mol. The molecule has 0 saturated carbocycles. The highest BCUT2D eigenvalue weighted by Gasteiger charge is 2.36. The number of nitrogens with zero attached hydrogens (tertiary/aromatic N) is 5. The Kier molecular flexibility index (Phi) is 7.55. The number of hydrogen-bond acceptors (Lipinski definition) is 7. The molecule has 1 unspecified atom stereocenters. The van der Waals surface area contributed by atoms with Crippen LogP contribution >= 0.6 is 0 Å². The lowest BCUT2D eigenvalue weighted by atomic mass is 9.92. The summed E-state index contributed by atoms with van der Waals surface area (Å²) in [5, 5.41) is 0. The molecule has 1 aliphatic carbocycles. The first-order valence-corrected chi connectivity index (χ1v) is 12.8. The smallest absolute Gasteiger partial charge is 0.378 e. The van der Waals surface area contributed by atoms with Crippen LogP contribution < -0.4 is 9.80 Å². The summed E-state index contributed by atoms with van der Waals surface area (Å²) in [6.45, 7) is 2.89. The fraction of sp³-hybridized carbons (Fsp3) is 0.481. The van der Waals surface area contributed by atoms with Crippen molar-refractivity contribution in [2.75, 3.05) is 42.6 Å². The Morgan fingerprint density at radius 2 is 1.95 bits per heavy atom. The highest BCUT2D eigenvalue weighted by atomic mass is 19.4. The number of alkyl halides is 3. The van der Waals surface area contributed by atoms with Gasteiger partial charge in [-0.25, -0.2) is 4.98 Å². The molecule has 3 aliphatic rings. The van der Waals surface area contributed by atoms with Crippen LogP contribution in [0.25, 0.3) is 11.3 Å². The van der Waals surface area contributed by atoms with Crippen LogP contribution in [0, 0.1) is 0 Å². The van der Waals surface area contributed by atoms with E-state index in [0.29, 0.717) is 44.4 Å². The third kappa shape index (κ3) is 5.84. The molecule has 0 aromatic carbocycles. The van der Waals surface area contributed by atoms with Gasteiger partial charge in [-0.15, -0.1) is 0 Å². The number of allylic oxidation sites excluding steroid dienone is 3. The monoisotopic (exact) mass is 513 g/mol. The molecule has 0 amide bonds. The minimum Gasteiger partial charge on any atom is -0.378 e. The Morgan fingerprint density at radius 1 is 1.11 bits per heavy atom. The molecule has 0 spiro atoms. The average molecular weight is 514 g/mol. The molecule has 0 bridgehead atoms. The Morgan fingerprint density at radius 3 is 2.68 bits per heavy atom.